The van der Waals surface area contributed by atoms with Crippen LogP contribution in [0.5, 0.6) is 0 Å². The number of carbonyl (C=O) groups excluding carboxylic acids is 1. The minimum absolute atomic E-state index is 0.0916. The number of anilines is 1. The molecule has 2 aliphatic heterocycles. The molecule has 3 heterocycles. The lowest BCUT2D eigenvalue weighted by Gasteiger charge is -2.40. The fraction of sp³-hybridized carbons (Fsp3) is 0.667. The molecule has 2 aliphatic rings. The molecule has 2 bridgehead atoms. The van der Waals surface area contributed by atoms with E-state index in [4.69, 9.17) is 4.74 Å². The van der Waals surface area contributed by atoms with Gasteiger partial charge in [0.2, 0.25) is 0 Å². The van der Waals surface area contributed by atoms with Gasteiger partial charge >= 0.3 is 6.09 Å². The van der Waals surface area contributed by atoms with Crippen molar-refractivity contribution in [3.8, 4) is 0 Å². The third kappa shape index (κ3) is 4.28. The van der Waals surface area contributed by atoms with Gasteiger partial charge in [-0.25, -0.2) is 18.2 Å². The zero-order valence-corrected chi connectivity index (χ0v) is 16.5. The lowest BCUT2D eigenvalue weighted by molar-refractivity contribution is 0.0492. The van der Waals surface area contributed by atoms with Crippen LogP contribution < -0.4 is 10.2 Å². The van der Waals surface area contributed by atoms with Gasteiger partial charge in [-0.05, 0) is 58.6 Å². The van der Waals surface area contributed by atoms with Gasteiger partial charge in [-0.15, -0.1) is 0 Å². The molecule has 0 radical (unpaired) electrons. The average molecular weight is 381 g/mol. The number of piperidine rings is 1. The Labute approximate surface area is 155 Å². The number of pyridine rings is 1. The third-order valence-corrected chi connectivity index (χ3v) is 5.97. The highest BCUT2D eigenvalue weighted by Gasteiger charge is 2.42. The molecule has 1 aromatic heterocycles. The molecule has 0 spiro atoms. The maximum Gasteiger partial charge on any atom is 0.407 e. The zero-order chi connectivity index (χ0) is 19.1. The zero-order valence-electron chi connectivity index (χ0n) is 15.7. The van der Waals surface area contributed by atoms with Crippen LogP contribution in [-0.2, 0) is 14.6 Å². The summed E-state index contributed by atoms with van der Waals surface area (Å²) in [5, 5.41) is 2.99. The first kappa shape index (κ1) is 18.9. The van der Waals surface area contributed by atoms with E-state index < -0.39 is 15.4 Å². The van der Waals surface area contributed by atoms with Gasteiger partial charge in [0.05, 0.1) is 4.90 Å². The summed E-state index contributed by atoms with van der Waals surface area (Å²) in [5.41, 5.74) is -0.505. The predicted octanol–water partition coefficient (Wildman–Crippen LogP) is 2.51. The molecule has 0 aliphatic carbocycles. The van der Waals surface area contributed by atoms with Gasteiger partial charge < -0.3 is 15.0 Å². The van der Waals surface area contributed by atoms with Crippen molar-refractivity contribution in [3.05, 3.63) is 18.3 Å². The van der Waals surface area contributed by atoms with Crippen LogP contribution in [0.15, 0.2) is 23.2 Å². The minimum Gasteiger partial charge on any atom is -0.444 e. The van der Waals surface area contributed by atoms with Crippen molar-refractivity contribution >= 4 is 21.7 Å². The molecule has 2 saturated heterocycles. The number of sulfone groups is 1. The normalized spacial score (nSPS) is 25.8. The summed E-state index contributed by atoms with van der Waals surface area (Å²) in [5.74, 6) is 0.806. The number of ether oxygens (including phenoxy) is 1. The maximum atomic E-state index is 12.0. The van der Waals surface area contributed by atoms with E-state index in [0.717, 1.165) is 31.5 Å². The van der Waals surface area contributed by atoms with Crippen molar-refractivity contribution in [1.29, 1.82) is 0 Å². The van der Waals surface area contributed by atoms with Crippen molar-refractivity contribution in [3.63, 3.8) is 0 Å². The number of fused-ring (bicyclic) bond motifs is 2. The summed E-state index contributed by atoms with van der Waals surface area (Å²) in [6.45, 7) is 5.56. The van der Waals surface area contributed by atoms with Gasteiger partial charge in [-0.1, -0.05) is 0 Å². The molecule has 0 aromatic carbocycles. The van der Waals surface area contributed by atoms with Gasteiger partial charge in [0.15, 0.2) is 9.84 Å². The first-order valence-corrected chi connectivity index (χ1v) is 10.9. The van der Waals surface area contributed by atoms with E-state index in [1.165, 1.54) is 12.5 Å². The number of alkyl carbamates (subject to hydrolysis) is 1. The van der Waals surface area contributed by atoms with Gasteiger partial charge in [0, 0.05) is 30.6 Å². The van der Waals surface area contributed by atoms with Crippen molar-refractivity contribution in [2.75, 3.05) is 11.2 Å². The highest BCUT2D eigenvalue weighted by Crippen LogP contribution is 2.38. The van der Waals surface area contributed by atoms with Crippen LogP contribution in [0.3, 0.4) is 0 Å². The van der Waals surface area contributed by atoms with Crippen LogP contribution in [-0.4, -0.2) is 49.5 Å². The molecular formula is C18H27N3O4S. The number of hydrogen-bond donors (Lipinski definition) is 1. The Morgan fingerprint density at radius 1 is 1.23 bits per heavy atom. The fourth-order valence-electron chi connectivity index (χ4n) is 3.89. The first-order valence-electron chi connectivity index (χ1n) is 8.97. The van der Waals surface area contributed by atoms with E-state index in [2.05, 4.69) is 15.2 Å². The standard InChI is InChI=1S/C18H27N3O4S/c1-18(2,3)25-17(22)20-12-9-13-5-6-14(10-12)21(13)16-8-7-15(11-19-16)26(4,23)24/h7-8,11-14H,5-6,9-10H2,1-4H3,(H,20,22)/t12?,13-,14+. The number of hydrogen-bond acceptors (Lipinski definition) is 6. The van der Waals surface area contributed by atoms with Crippen LogP contribution >= 0.6 is 0 Å². The summed E-state index contributed by atoms with van der Waals surface area (Å²) in [7, 11) is -3.24. The minimum atomic E-state index is -3.24. The molecule has 1 amide bonds. The van der Waals surface area contributed by atoms with Gasteiger partial charge in [0.25, 0.3) is 0 Å². The molecule has 144 valence electrons. The number of rotatable bonds is 3. The highest BCUT2D eigenvalue weighted by atomic mass is 32.2. The molecule has 3 atom stereocenters. The van der Waals surface area contributed by atoms with Crippen LogP contribution in [0.4, 0.5) is 10.6 Å². The van der Waals surface area contributed by atoms with Crippen LogP contribution in [0, 0.1) is 0 Å². The highest BCUT2D eigenvalue weighted by molar-refractivity contribution is 7.90. The molecule has 0 saturated carbocycles. The number of nitrogens with one attached hydrogen (secondary N) is 1. The SMILES string of the molecule is CC(C)(C)OC(=O)NC1C[C@H]2CC[C@@H](C1)N2c1ccc(S(C)(=O)=O)cn1. The Balaban J connectivity index is 1.66. The second-order valence-electron chi connectivity index (χ2n) is 8.23. The van der Waals surface area contributed by atoms with Crippen molar-refractivity contribution < 1.29 is 17.9 Å². The smallest absolute Gasteiger partial charge is 0.407 e. The Bertz CT molecular complexity index is 757. The third-order valence-electron chi connectivity index (χ3n) is 4.87. The van der Waals surface area contributed by atoms with E-state index in [-0.39, 0.29) is 17.0 Å². The Morgan fingerprint density at radius 3 is 2.31 bits per heavy atom. The Morgan fingerprint density at radius 2 is 1.85 bits per heavy atom. The van der Waals surface area contributed by atoms with Gasteiger partial charge in [-0.3, -0.25) is 0 Å². The van der Waals surface area contributed by atoms with E-state index in [0.29, 0.717) is 12.1 Å². The van der Waals surface area contributed by atoms with E-state index in [1.54, 1.807) is 12.1 Å². The predicted molar refractivity (Wildman–Crippen MR) is 99.0 cm³/mol. The summed E-state index contributed by atoms with van der Waals surface area (Å²) >= 11 is 0. The molecule has 1 N–H and O–H groups in total. The summed E-state index contributed by atoms with van der Waals surface area (Å²) in [6, 6.07) is 4.08. The second-order valence-corrected chi connectivity index (χ2v) is 10.2. The topological polar surface area (TPSA) is 88.6 Å². The van der Waals surface area contributed by atoms with Crippen molar-refractivity contribution in [2.45, 2.75) is 75.1 Å². The van der Waals surface area contributed by atoms with Crippen molar-refractivity contribution in [2.24, 2.45) is 0 Å². The lowest BCUT2D eigenvalue weighted by Crippen LogP contribution is -2.51. The largest absolute Gasteiger partial charge is 0.444 e. The molecule has 2 fully saturated rings. The maximum absolute atomic E-state index is 12.0. The summed E-state index contributed by atoms with van der Waals surface area (Å²) in [4.78, 5) is 18.9. The fourth-order valence-corrected chi connectivity index (χ4v) is 4.45. The van der Waals surface area contributed by atoms with E-state index in [9.17, 15) is 13.2 Å². The summed E-state index contributed by atoms with van der Waals surface area (Å²) < 4.78 is 28.6. The Kier molecular flexibility index (Phi) is 4.90. The summed E-state index contributed by atoms with van der Waals surface area (Å²) in [6.07, 6.45) is 6.01. The van der Waals surface area contributed by atoms with E-state index in [1.807, 2.05) is 20.8 Å². The lowest BCUT2D eigenvalue weighted by atomic mass is 9.97. The number of carbonyl (C=O) groups is 1. The van der Waals surface area contributed by atoms with Gasteiger partial charge in [0.1, 0.15) is 11.4 Å². The molecular weight excluding hydrogens is 354 g/mol. The molecule has 1 aromatic rings. The molecule has 7 nitrogen and oxygen atoms in total. The first-order chi connectivity index (χ1) is 12.0. The molecule has 1 unspecified atom stereocenters. The monoisotopic (exact) mass is 381 g/mol. The van der Waals surface area contributed by atoms with E-state index >= 15 is 0 Å². The number of nitrogens with zero attached hydrogens (tertiary/aromatic N) is 2. The van der Waals surface area contributed by atoms with Crippen LogP contribution in [0.1, 0.15) is 46.5 Å². The quantitative estimate of drug-likeness (QED) is 0.865. The molecule has 26 heavy (non-hydrogen) atoms. The van der Waals surface area contributed by atoms with Gasteiger partial charge in [-0.2, -0.15) is 0 Å². The molecule has 3 rings (SSSR count). The van der Waals surface area contributed by atoms with Crippen molar-refractivity contribution in [1.82, 2.24) is 10.3 Å². The average Bonchev–Trinajstić information content (AvgIpc) is 2.76. The Hall–Kier alpha value is -1.83. The second kappa shape index (κ2) is 6.72. The number of aromatic nitrogens is 1. The van der Waals surface area contributed by atoms with Crippen LogP contribution in [0.25, 0.3) is 0 Å². The van der Waals surface area contributed by atoms with Crippen LogP contribution in [0.2, 0.25) is 0 Å². The molecule has 8 heteroatoms. The number of amides is 1.